The van der Waals surface area contributed by atoms with Crippen molar-refractivity contribution in [3.05, 3.63) is 0 Å². The van der Waals surface area contributed by atoms with Crippen molar-refractivity contribution in [2.24, 2.45) is 17.2 Å². The molecule has 0 saturated carbocycles. The summed E-state index contributed by atoms with van der Waals surface area (Å²) in [4.78, 5) is 10.5. The highest BCUT2D eigenvalue weighted by Gasteiger charge is 2.07. The van der Waals surface area contributed by atoms with Crippen molar-refractivity contribution in [3.8, 4) is 0 Å². The minimum atomic E-state index is -0.507. The molecule has 0 aliphatic carbocycles. The lowest BCUT2D eigenvalue weighted by Crippen LogP contribution is -2.45. The minimum absolute atomic E-state index is 0.285. The number of nitrogens with two attached hydrogens (primary N) is 3. The van der Waals surface area contributed by atoms with Crippen LogP contribution >= 0.6 is 12.6 Å². The van der Waals surface area contributed by atoms with Gasteiger partial charge in [-0.25, -0.2) is 0 Å². The van der Waals surface area contributed by atoms with Gasteiger partial charge in [0.05, 0.1) is 6.04 Å². The lowest BCUT2D eigenvalue weighted by atomic mass is 10.2. The lowest BCUT2D eigenvalue weighted by molar-refractivity contribution is -0.112. The Labute approximate surface area is 77.5 Å². The van der Waals surface area contributed by atoms with Crippen molar-refractivity contribution in [1.29, 1.82) is 0 Å². The van der Waals surface area contributed by atoms with Gasteiger partial charge < -0.3 is 17.2 Å². The summed E-state index contributed by atoms with van der Waals surface area (Å²) in [7, 11) is 0. The van der Waals surface area contributed by atoms with E-state index in [1.807, 2.05) is 0 Å². The Kier molecular flexibility index (Phi) is 6.31. The maximum Gasteiger partial charge on any atom is 0.202 e. The summed E-state index contributed by atoms with van der Waals surface area (Å²) in [5.74, 6) is 0. The Balaban J connectivity index is 3.25. The van der Waals surface area contributed by atoms with Crippen LogP contribution in [0, 0.1) is 0 Å². The van der Waals surface area contributed by atoms with Gasteiger partial charge in [0.15, 0.2) is 0 Å². The average molecular weight is 192 g/mol. The van der Waals surface area contributed by atoms with E-state index in [0.29, 0.717) is 13.0 Å². The zero-order valence-corrected chi connectivity index (χ0v) is 7.76. The molecule has 0 aromatic rings. The quantitative estimate of drug-likeness (QED) is 0.197. The fourth-order valence-corrected chi connectivity index (χ4v) is 0.843. The van der Waals surface area contributed by atoms with Crippen molar-refractivity contribution in [1.82, 2.24) is 5.32 Å². The molecule has 0 rings (SSSR count). The fraction of sp³-hybridized carbons (Fsp3) is 0.833. The third-order valence-electron chi connectivity index (χ3n) is 1.39. The number of hydrogen-bond donors (Lipinski definition) is 5. The molecule has 0 aromatic heterocycles. The van der Waals surface area contributed by atoms with Crippen molar-refractivity contribution in [2.45, 2.75) is 25.2 Å². The molecule has 6 heteroatoms. The Morgan fingerprint density at radius 2 is 2.00 bits per heavy atom. The van der Waals surface area contributed by atoms with Gasteiger partial charge in [-0.05, 0) is 19.4 Å². The SMILES string of the molecule is NC(N)NCCC[C@H](N)C(=O)S. The smallest absolute Gasteiger partial charge is 0.202 e. The first-order valence-corrected chi connectivity index (χ1v) is 4.21. The Morgan fingerprint density at radius 3 is 2.42 bits per heavy atom. The van der Waals surface area contributed by atoms with Crippen molar-refractivity contribution < 1.29 is 4.79 Å². The maximum atomic E-state index is 10.5. The van der Waals surface area contributed by atoms with Crippen LogP contribution in [-0.2, 0) is 4.79 Å². The second-order valence-corrected chi connectivity index (χ2v) is 3.01. The van der Waals surface area contributed by atoms with Crippen LogP contribution in [-0.4, -0.2) is 24.0 Å². The van der Waals surface area contributed by atoms with Crippen LogP contribution in [0.4, 0.5) is 0 Å². The second-order valence-electron chi connectivity index (χ2n) is 2.57. The van der Waals surface area contributed by atoms with E-state index in [-0.39, 0.29) is 5.12 Å². The first kappa shape index (κ1) is 11.9. The third-order valence-corrected chi connectivity index (χ3v) is 1.72. The molecule has 0 aliphatic heterocycles. The normalized spacial score (nSPS) is 13.4. The molecule has 0 aromatic carbocycles. The van der Waals surface area contributed by atoms with Gasteiger partial charge in [0.25, 0.3) is 0 Å². The summed E-state index contributed by atoms with van der Waals surface area (Å²) in [6.45, 7) is 0.659. The van der Waals surface area contributed by atoms with E-state index in [2.05, 4.69) is 17.9 Å². The molecule has 72 valence electrons. The molecule has 7 N–H and O–H groups in total. The molecule has 0 saturated heterocycles. The summed E-state index contributed by atoms with van der Waals surface area (Å²) < 4.78 is 0. The van der Waals surface area contributed by atoms with E-state index in [1.165, 1.54) is 0 Å². The molecule has 5 nitrogen and oxygen atoms in total. The summed E-state index contributed by atoms with van der Waals surface area (Å²) in [6, 6.07) is -0.482. The largest absolute Gasteiger partial charge is 0.321 e. The number of nitrogens with one attached hydrogen (secondary N) is 1. The Bertz CT molecular complexity index is 142. The molecule has 0 radical (unpaired) electrons. The highest BCUT2D eigenvalue weighted by atomic mass is 32.1. The highest BCUT2D eigenvalue weighted by Crippen LogP contribution is 1.96. The van der Waals surface area contributed by atoms with E-state index >= 15 is 0 Å². The monoisotopic (exact) mass is 192 g/mol. The number of hydrogen-bond acceptors (Lipinski definition) is 5. The molecule has 0 spiro atoms. The summed E-state index contributed by atoms with van der Waals surface area (Å²) in [6.07, 6.45) is 0.855. The predicted molar refractivity (Wildman–Crippen MR) is 51.4 cm³/mol. The number of carbonyl (C=O) groups excluding carboxylic acids is 1. The molecule has 0 bridgehead atoms. The topological polar surface area (TPSA) is 107 Å². The molecule has 0 heterocycles. The number of rotatable bonds is 6. The van der Waals surface area contributed by atoms with E-state index < -0.39 is 12.3 Å². The van der Waals surface area contributed by atoms with Gasteiger partial charge in [0.2, 0.25) is 5.12 Å². The predicted octanol–water partition coefficient (Wildman–Crippen LogP) is -1.66. The molecule has 0 amide bonds. The van der Waals surface area contributed by atoms with Crippen LogP contribution in [0.1, 0.15) is 12.8 Å². The second kappa shape index (κ2) is 6.38. The van der Waals surface area contributed by atoms with Gasteiger partial charge >= 0.3 is 0 Å². The van der Waals surface area contributed by atoms with Crippen LogP contribution in [0.25, 0.3) is 0 Å². The summed E-state index contributed by atoms with van der Waals surface area (Å²) in [5.41, 5.74) is 15.9. The van der Waals surface area contributed by atoms with E-state index in [9.17, 15) is 4.79 Å². The summed E-state index contributed by atoms with van der Waals surface area (Å²) in [5, 5.41) is 2.52. The molecule has 0 aliphatic rings. The molecule has 0 fully saturated rings. The van der Waals surface area contributed by atoms with Gasteiger partial charge in [-0.15, -0.1) is 12.6 Å². The van der Waals surface area contributed by atoms with Crippen molar-refractivity contribution in [3.63, 3.8) is 0 Å². The fourth-order valence-electron chi connectivity index (χ4n) is 0.714. The molecular weight excluding hydrogens is 176 g/mol. The Hall–Kier alpha value is -0.140. The van der Waals surface area contributed by atoms with Crippen LogP contribution in [0.3, 0.4) is 0 Å². The first-order chi connectivity index (χ1) is 5.54. The van der Waals surface area contributed by atoms with E-state index in [1.54, 1.807) is 0 Å². The number of thiol groups is 1. The highest BCUT2D eigenvalue weighted by molar-refractivity contribution is 7.96. The van der Waals surface area contributed by atoms with Crippen molar-refractivity contribution >= 4 is 17.7 Å². The molecule has 0 unspecified atom stereocenters. The lowest BCUT2D eigenvalue weighted by Gasteiger charge is -2.09. The third kappa shape index (κ3) is 6.56. The molecular formula is C6H16N4OS. The first-order valence-electron chi connectivity index (χ1n) is 3.77. The van der Waals surface area contributed by atoms with E-state index in [0.717, 1.165) is 6.42 Å². The van der Waals surface area contributed by atoms with Gasteiger partial charge in [-0.2, -0.15) is 0 Å². The van der Waals surface area contributed by atoms with Crippen molar-refractivity contribution in [2.75, 3.05) is 6.54 Å². The standard InChI is InChI=1S/C6H16N4OS/c7-4(5(11)12)2-1-3-10-6(8)9/h4,6,10H,1-3,7-9H2,(H,11,12)/t4-/m0/s1. The zero-order chi connectivity index (χ0) is 9.56. The van der Waals surface area contributed by atoms with Gasteiger partial charge in [-0.3, -0.25) is 10.1 Å². The van der Waals surface area contributed by atoms with Gasteiger partial charge in [0, 0.05) is 0 Å². The van der Waals surface area contributed by atoms with Gasteiger partial charge in [0.1, 0.15) is 6.29 Å². The number of carbonyl (C=O) groups is 1. The van der Waals surface area contributed by atoms with E-state index in [4.69, 9.17) is 17.2 Å². The zero-order valence-electron chi connectivity index (χ0n) is 6.86. The average Bonchev–Trinajstić information content (AvgIpc) is 1.97. The Morgan fingerprint density at radius 1 is 1.42 bits per heavy atom. The summed E-state index contributed by atoms with van der Waals surface area (Å²) >= 11 is 3.60. The van der Waals surface area contributed by atoms with Crippen LogP contribution in [0.15, 0.2) is 0 Å². The van der Waals surface area contributed by atoms with Crippen LogP contribution < -0.4 is 22.5 Å². The van der Waals surface area contributed by atoms with Crippen LogP contribution in [0.5, 0.6) is 0 Å². The minimum Gasteiger partial charge on any atom is -0.321 e. The van der Waals surface area contributed by atoms with Crippen LogP contribution in [0.2, 0.25) is 0 Å². The van der Waals surface area contributed by atoms with Gasteiger partial charge in [-0.1, -0.05) is 0 Å². The molecule has 12 heavy (non-hydrogen) atoms. The molecule has 1 atom stereocenters. The maximum absolute atomic E-state index is 10.5.